The molecule has 0 aromatic rings. The molecule has 7 heteroatoms. The van der Waals surface area contributed by atoms with Crippen LogP contribution >= 0.6 is 0 Å². The minimum Gasteiger partial charge on any atom is -0.894 e. The minimum atomic E-state index is -5.61. The Bertz CT molecular complexity index is 27.2. The van der Waals surface area contributed by atoms with Gasteiger partial charge in [0, 0.05) is 0 Å². The molecule has 0 atom stereocenters. The summed E-state index contributed by atoms with van der Waals surface area (Å²) in [6, 6.07) is 0. The van der Waals surface area contributed by atoms with E-state index in [4.69, 9.17) is 19.2 Å². The van der Waals surface area contributed by atoms with Crippen LogP contribution in [0, 0.1) is 0 Å². The van der Waals surface area contributed by atoms with Gasteiger partial charge in [0.1, 0.15) is 0 Å². The molecular formula is AlO4SiZn+. The molecule has 4 nitrogen and oxygen atoms in total. The van der Waals surface area contributed by atoms with Crippen LogP contribution in [0.15, 0.2) is 0 Å². The van der Waals surface area contributed by atoms with Crippen LogP contribution < -0.4 is 19.2 Å². The fourth-order valence-corrected chi connectivity index (χ4v) is 0. The Hall–Kier alpha value is 1.21. The summed E-state index contributed by atoms with van der Waals surface area (Å²) in [5.41, 5.74) is 0. The van der Waals surface area contributed by atoms with Gasteiger partial charge in [-0.25, -0.2) is 0 Å². The van der Waals surface area contributed by atoms with Crippen molar-refractivity contribution in [2.75, 3.05) is 0 Å². The van der Waals surface area contributed by atoms with E-state index in [1.165, 1.54) is 0 Å². The van der Waals surface area contributed by atoms with Crippen molar-refractivity contribution in [2.45, 2.75) is 0 Å². The van der Waals surface area contributed by atoms with Crippen molar-refractivity contribution in [3.63, 3.8) is 0 Å². The van der Waals surface area contributed by atoms with E-state index < -0.39 is 9.05 Å². The first-order valence-electron chi connectivity index (χ1n) is 0.816. The molecule has 0 bridgehead atoms. The third kappa shape index (κ3) is 133. The van der Waals surface area contributed by atoms with Crippen LogP contribution in [0.5, 0.6) is 0 Å². The van der Waals surface area contributed by atoms with Crippen LogP contribution in [0.1, 0.15) is 0 Å². The fourth-order valence-electron chi connectivity index (χ4n) is 0. The fraction of sp³-hybridized carbons (Fsp3) is 0. The van der Waals surface area contributed by atoms with Gasteiger partial charge in [0.2, 0.25) is 0 Å². The third-order valence-corrected chi connectivity index (χ3v) is 0. The molecule has 0 saturated heterocycles. The monoisotopic (exact) mass is 183 g/mol. The first kappa shape index (κ1) is 15.7. The second kappa shape index (κ2) is 5.35. The Labute approximate surface area is 65.2 Å². The van der Waals surface area contributed by atoms with Crippen LogP contribution in [-0.4, -0.2) is 26.4 Å². The summed E-state index contributed by atoms with van der Waals surface area (Å²) in [4.78, 5) is 34.3. The van der Waals surface area contributed by atoms with Gasteiger partial charge in [0.15, 0.2) is 0 Å². The van der Waals surface area contributed by atoms with Gasteiger partial charge in [-0.3, -0.25) is 0 Å². The summed E-state index contributed by atoms with van der Waals surface area (Å²) in [7, 11) is -5.61. The maximum absolute atomic E-state index is 8.58. The SMILES string of the molecule is [Al+3].[O-][Si]([O-])([O-])[O-].[Zn+2]. The molecule has 32 valence electrons. The van der Waals surface area contributed by atoms with Crippen molar-refractivity contribution in [1.82, 2.24) is 0 Å². The Balaban J connectivity index is -0.0000000800. The second-order valence-corrected chi connectivity index (χ2v) is 1.50. The summed E-state index contributed by atoms with van der Waals surface area (Å²) in [6.07, 6.45) is 0. The Kier molecular flexibility index (Phi) is 12.0. The molecule has 0 N–H and O–H groups in total. The molecule has 0 saturated carbocycles. The molecule has 0 amide bonds. The van der Waals surface area contributed by atoms with Crippen molar-refractivity contribution < 1.29 is 38.7 Å². The molecule has 0 radical (unpaired) electrons. The Morgan fingerprint density at radius 1 is 0.857 bits per heavy atom. The van der Waals surface area contributed by atoms with Gasteiger partial charge < -0.3 is 28.2 Å². The van der Waals surface area contributed by atoms with E-state index in [9.17, 15) is 0 Å². The maximum Gasteiger partial charge on any atom is 3.00 e. The maximum atomic E-state index is 8.58. The van der Waals surface area contributed by atoms with Crippen LogP contribution in [0.25, 0.3) is 0 Å². The third-order valence-electron chi connectivity index (χ3n) is 0. The zero-order valence-electron chi connectivity index (χ0n) is 3.42. The molecule has 0 aliphatic heterocycles. The van der Waals surface area contributed by atoms with E-state index in [0.29, 0.717) is 0 Å². The molecule has 0 aromatic carbocycles. The summed E-state index contributed by atoms with van der Waals surface area (Å²) in [5.74, 6) is 0. The molecular weight excluding hydrogens is 184 g/mol. The van der Waals surface area contributed by atoms with Crippen LogP contribution in [0.3, 0.4) is 0 Å². The number of rotatable bonds is 0. The van der Waals surface area contributed by atoms with Crippen LogP contribution in [0.2, 0.25) is 0 Å². The largest absolute Gasteiger partial charge is 3.00 e. The molecule has 0 spiro atoms. The van der Waals surface area contributed by atoms with E-state index in [0.717, 1.165) is 0 Å². The molecule has 0 rings (SSSR count). The van der Waals surface area contributed by atoms with Gasteiger partial charge in [-0.1, -0.05) is 0 Å². The van der Waals surface area contributed by atoms with Crippen molar-refractivity contribution in [2.24, 2.45) is 0 Å². The van der Waals surface area contributed by atoms with E-state index in [1.54, 1.807) is 0 Å². The second-order valence-electron chi connectivity index (χ2n) is 0.500. The molecule has 0 aromatic heterocycles. The topological polar surface area (TPSA) is 92.2 Å². The first-order valence-corrected chi connectivity index (χ1v) is 2.45. The zero-order chi connectivity index (χ0) is 4.50. The van der Waals surface area contributed by atoms with E-state index in [1.807, 2.05) is 0 Å². The first-order chi connectivity index (χ1) is 2.00. The standard InChI is InChI=1S/Al.O4Si.Zn/c;1-5(2,3)4;/q+3;-4;+2. The molecule has 0 heterocycles. The molecule has 0 aliphatic carbocycles. The predicted octanol–water partition coefficient (Wildman–Crippen LogP) is -5.52. The smallest absolute Gasteiger partial charge is 0.894 e. The number of hydrogen-bond donors (Lipinski definition) is 0. The normalized spacial score (nSPS) is 8.57. The Morgan fingerprint density at radius 3 is 0.857 bits per heavy atom. The predicted molar refractivity (Wildman–Crippen MR) is 11.5 cm³/mol. The van der Waals surface area contributed by atoms with Crippen LogP contribution in [-0.2, 0) is 19.5 Å². The van der Waals surface area contributed by atoms with Gasteiger partial charge in [-0.15, -0.1) is 0 Å². The van der Waals surface area contributed by atoms with Crippen LogP contribution in [0.4, 0.5) is 0 Å². The summed E-state index contributed by atoms with van der Waals surface area (Å²) < 4.78 is 0. The van der Waals surface area contributed by atoms with Gasteiger partial charge in [0.05, 0.1) is 0 Å². The van der Waals surface area contributed by atoms with E-state index in [-0.39, 0.29) is 36.8 Å². The van der Waals surface area contributed by atoms with Gasteiger partial charge in [-0.05, 0) is 0 Å². The van der Waals surface area contributed by atoms with Crippen molar-refractivity contribution in [1.29, 1.82) is 0 Å². The molecule has 0 unspecified atom stereocenters. The summed E-state index contributed by atoms with van der Waals surface area (Å²) in [6.45, 7) is 0. The zero-order valence-corrected chi connectivity index (χ0v) is 8.54. The Morgan fingerprint density at radius 2 is 0.857 bits per heavy atom. The summed E-state index contributed by atoms with van der Waals surface area (Å²) in [5, 5.41) is 0. The average molecular weight is 184 g/mol. The van der Waals surface area contributed by atoms with Crippen molar-refractivity contribution in [3.8, 4) is 0 Å². The quantitative estimate of drug-likeness (QED) is 0.351. The molecule has 0 aliphatic rings. The molecule has 7 heavy (non-hydrogen) atoms. The minimum absolute atomic E-state index is 0. The summed E-state index contributed by atoms with van der Waals surface area (Å²) >= 11 is 0. The van der Waals surface area contributed by atoms with Gasteiger partial charge >= 0.3 is 36.8 Å². The molecule has 0 fully saturated rings. The van der Waals surface area contributed by atoms with Gasteiger partial charge in [0.25, 0.3) is 0 Å². The number of hydrogen-bond acceptors (Lipinski definition) is 4. The van der Waals surface area contributed by atoms with E-state index in [2.05, 4.69) is 0 Å². The van der Waals surface area contributed by atoms with Crippen molar-refractivity contribution in [3.05, 3.63) is 0 Å². The van der Waals surface area contributed by atoms with E-state index >= 15 is 0 Å². The van der Waals surface area contributed by atoms with Crippen molar-refractivity contribution >= 4 is 26.4 Å². The average Bonchev–Trinajstić information content (AvgIpc) is 0.722. The van der Waals surface area contributed by atoms with Gasteiger partial charge in [-0.2, -0.15) is 0 Å².